The van der Waals surface area contributed by atoms with Crippen LogP contribution in [0.15, 0.2) is 54.9 Å². The van der Waals surface area contributed by atoms with Gasteiger partial charge in [0.05, 0.1) is 11.0 Å². The highest BCUT2D eigenvalue weighted by Crippen LogP contribution is 2.37. The predicted molar refractivity (Wildman–Crippen MR) is 101 cm³/mol. The van der Waals surface area contributed by atoms with Crippen molar-refractivity contribution in [1.29, 1.82) is 0 Å². The molecule has 2 aromatic carbocycles. The van der Waals surface area contributed by atoms with E-state index in [0.717, 1.165) is 0 Å². The van der Waals surface area contributed by atoms with E-state index >= 15 is 0 Å². The van der Waals surface area contributed by atoms with Crippen LogP contribution in [-0.4, -0.2) is 34.0 Å². The van der Waals surface area contributed by atoms with Crippen molar-refractivity contribution in [2.24, 2.45) is 0 Å². The highest BCUT2D eigenvalue weighted by molar-refractivity contribution is 6.07. The number of aromatic nitrogens is 2. The highest BCUT2D eigenvalue weighted by Gasteiger charge is 2.26. The number of nitro groups is 1. The van der Waals surface area contributed by atoms with Gasteiger partial charge in [-0.15, -0.1) is 0 Å². The first kappa shape index (κ1) is 18.2. The zero-order chi connectivity index (χ0) is 20.2. The molecule has 1 amide bonds. The molecule has 10 nitrogen and oxygen atoms in total. The number of rotatable bonds is 5. The minimum Gasteiger partial charge on any atom is -0.486 e. The summed E-state index contributed by atoms with van der Waals surface area (Å²) in [5.74, 6) is 0.357. The van der Waals surface area contributed by atoms with Gasteiger partial charge >= 0.3 is 6.01 Å². The third-order valence-electron chi connectivity index (χ3n) is 3.97. The number of hydrogen-bond acceptors (Lipinski definition) is 8. The molecule has 10 heteroatoms. The first-order chi connectivity index (χ1) is 14.1. The molecule has 146 valence electrons. The third kappa shape index (κ3) is 4.05. The molecule has 29 heavy (non-hydrogen) atoms. The molecule has 0 unspecified atom stereocenters. The van der Waals surface area contributed by atoms with Crippen molar-refractivity contribution in [3.8, 4) is 23.3 Å². The normalized spacial score (nSPS) is 12.1. The van der Waals surface area contributed by atoms with Gasteiger partial charge in [-0.2, -0.15) is 0 Å². The average Bonchev–Trinajstić information content (AvgIpc) is 2.75. The Morgan fingerprint density at radius 1 is 1.07 bits per heavy atom. The Kier molecular flexibility index (Phi) is 4.89. The van der Waals surface area contributed by atoms with Crippen LogP contribution in [0.25, 0.3) is 0 Å². The number of ether oxygens (including phenoxy) is 3. The smallest absolute Gasteiger partial charge is 0.321 e. The van der Waals surface area contributed by atoms with Gasteiger partial charge in [0.15, 0.2) is 11.5 Å². The second-order valence-corrected chi connectivity index (χ2v) is 5.88. The van der Waals surface area contributed by atoms with Crippen molar-refractivity contribution < 1.29 is 23.9 Å². The van der Waals surface area contributed by atoms with Crippen molar-refractivity contribution in [2.75, 3.05) is 18.5 Å². The molecule has 1 aromatic heterocycles. The molecule has 4 rings (SSSR count). The van der Waals surface area contributed by atoms with Crippen LogP contribution in [0.3, 0.4) is 0 Å². The van der Waals surface area contributed by atoms with Gasteiger partial charge in [0.1, 0.15) is 24.5 Å². The zero-order valence-corrected chi connectivity index (χ0v) is 14.9. The summed E-state index contributed by atoms with van der Waals surface area (Å²) >= 11 is 0. The number of carbonyl (C=O) groups excluding carboxylic acids is 1. The zero-order valence-electron chi connectivity index (χ0n) is 14.9. The van der Waals surface area contributed by atoms with Crippen molar-refractivity contribution in [1.82, 2.24) is 9.97 Å². The van der Waals surface area contributed by atoms with Crippen LogP contribution in [-0.2, 0) is 0 Å². The van der Waals surface area contributed by atoms with Crippen LogP contribution in [0, 0.1) is 10.1 Å². The van der Waals surface area contributed by atoms with Gasteiger partial charge in [0.25, 0.3) is 11.6 Å². The van der Waals surface area contributed by atoms with E-state index in [1.807, 2.05) is 0 Å². The SMILES string of the molecule is O=C(Nc1ccc(Oc2ncccn2)cc1)c1cc2c(cc1[N+](=O)[O-])OCCO2. The van der Waals surface area contributed by atoms with Gasteiger partial charge in [-0.1, -0.05) is 0 Å². The van der Waals surface area contributed by atoms with Crippen LogP contribution in [0.2, 0.25) is 0 Å². The van der Waals surface area contributed by atoms with Crippen molar-refractivity contribution >= 4 is 17.3 Å². The summed E-state index contributed by atoms with van der Waals surface area (Å²) in [6, 6.07) is 10.8. The van der Waals surface area contributed by atoms with E-state index in [1.54, 1.807) is 42.7 Å². The molecule has 1 N–H and O–H groups in total. The van der Waals surface area contributed by atoms with Crippen LogP contribution in [0.1, 0.15) is 10.4 Å². The van der Waals surface area contributed by atoms with Gasteiger partial charge in [0.2, 0.25) is 0 Å². The molecule has 0 radical (unpaired) electrons. The molecular weight excluding hydrogens is 380 g/mol. The lowest BCUT2D eigenvalue weighted by atomic mass is 10.1. The molecule has 0 spiro atoms. The molecular formula is C19H14N4O6. The van der Waals surface area contributed by atoms with E-state index in [9.17, 15) is 14.9 Å². The summed E-state index contributed by atoms with van der Waals surface area (Å²) < 4.78 is 16.2. The number of hydrogen-bond donors (Lipinski definition) is 1. The Hall–Kier alpha value is -4.21. The molecule has 2 heterocycles. The standard InChI is InChI=1S/C19H14N4O6/c24-18(14-10-16-17(28-9-8-27-16)11-15(14)23(25)26)22-12-2-4-13(5-3-12)29-19-20-6-1-7-21-19/h1-7,10-11H,8-9H2,(H,22,24). The Labute approximate surface area is 164 Å². The second-order valence-electron chi connectivity index (χ2n) is 5.88. The second kappa shape index (κ2) is 7.80. The first-order valence-electron chi connectivity index (χ1n) is 8.54. The van der Waals surface area contributed by atoms with E-state index in [2.05, 4.69) is 15.3 Å². The quantitative estimate of drug-likeness (QED) is 0.516. The van der Waals surface area contributed by atoms with Crippen LogP contribution in [0.4, 0.5) is 11.4 Å². The van der Waals surface area contributed by atoms with Crippen LogP contribution >= 0.6 is 0 Å². The van der Waals surface area contributed by atoms with E-state index in [1.165, 1.54) is 12.1 Å². The average molecular weight is 394 g/mol. The highest BCUT2D eigenvalue weighted by atomic mass is 16.6. The molecule has 1 aliphatic rings. The maximum Gasteiger partial charge on any atom is 0.321 e. The number of nitrogens with zero attached hydrogens (tertiary/aromatic N) is 3. The lowest BCUT2D eigenvalue weighted by Crippen LogP contribution is -2.18. The number of amides is 1. The summed E-state index contributed by atoms with van der Waals surface area (Å²) in [6.07, 6.45) is 3.11. The van der Waals surface area contributed by atoms with Crippen molar-refractivity contribution in [3.05, 3.63) is 70.5 Å². The Morgan fingerprint density at radius 2 is 1.72 bits per heavy atom. The fraction of sp³-hybridized carbons (Fsp3) is 0.105. The lowest BCUT2D eigenvalue weighted by molar-refractivity contribution is -0.385. The molecule has 0 aliphatic carbocycles. The molecule has 0 fully saturated rings. The van der Waals surface area contributed by atoms with E-state index < -0.39 is 10.8 Å². The van der Waals surface area contributed by atoms with E-state index in [0.29, 0.717) is 23.8 Å². The fourth-order valence-corrected chi connectivity index (χ4v) is 2.66. The maximum atomic E-state index is 12.6. The number of nitro benzene ring substituents is 1. The van der Waals surface area contributed by atoms with Gasteiger partial charge in [0, 0.05) is 24.1 Å². The Morgan fingerprint density at radius 3 is 2.38 bits per heavy atom. The predicted octanol–water partition coefficient (Wildman–Crippen LogP) is 3.20. The summed E-state index contributed by atoms with van der Waals surface area (Å²) in [5.41, 5.74) is -0.0642. The maximum absolute atomic E-state index is 12.6. The first-order valence-corrected chi connectivity index (χ1v) is 8.54. The number of benzene rings is 2. The number of anilines is 1. The molecule has 0 bridgehead atoms. The molecule has 1 aliphatic heterocycles. The van der Waals surface area contributed by atoms with E-state index in [-0.39, 0.29) is 29.6 Å². The largest absolute Gasteiger partial charge is 0.486 e. The summed E-state index contributed by atoms with van der Waals surface area (Å²) in [6.45, 7) is 0.594. The molecule has 3 aromatic rings. The van der Waals surface area contributed by atoms with Gasteiger partial charge < -0.3 is 19.5 Å². The fourth-order valence-electron chi connectivity index (χ4n) is 2.66. The monoisotopic (exact) mass is 394 g/mol. The number of fused-ring (bicyclic) bond motifs is 1. The summed E-state index contributed by atoms with van der Waals surface area (Å²) in [7, 11) is 0. The van der Waals surface area contributed by atoms with Crippen molar-refractivity contribution in [3.63, 3.8) is 0 Å². The Balaban J connectivity index is 1.52. The Bertz CT molecular complexity index is 1060. The number of carbonyl (C=O) groups is 1. The lowest BCUT2D eigenvalue weighted by Gasteiger charge is -2.18. The topological polar surface area (TPSA) is 126 Å². The third-order valence-corrected chi connectivity index (χ3v) is 3.97. The van der Waals surface area contributed by atoms with Crippen molar-refractivity contribution in [2.45, 2.75) is 0 Å². The minimum atomic E-state index is -0.645. The van der Waals surface area contributed by atoms with E-state index in [4.69, 9.17) is 14.2 Å². The summed E-state index contributed by atoms with van der Waals surface area (Å²) in [4.78, 5) is 31.3. The number of nitrogens with one attached hydrogen (secondary N) is 1. The van der Waals surface area contributed by atoms with Crippen LogP contribution < -0.4 is 19.5 Å². The van der Waals surface area contributed by atoms with Crippen LogP contribution in [0.5, 0.6) is 23.3 Å². The molecule has 0 atom stereocenters. The van der Waals surface area contributed by atoms with Gasteiger partial charge in [-0.3, -0.25) is 14.9 Å². The minimum absolute atomic E-state index is 0.128. The van der Waals surface area contributed by atoms with Gasteiger partial charge in [-0.25, -0.2) is 9.97 Å². The molecule has 0 saturated heterocycles. The summed E-state index contributed by atoms with van der Waals surface area (Å²) in [5, 5.41) is 14.0. The van der Waals surface area contributed by atoms with Gasteiger partial charge in [-0.05, 0) is 30.3 Å². The molecule has 0 saturated carbocycles.